The van der Waals surface area contributed by atoms with Crippen molar-refractivity contribution in [2.24, 2.45) is 0 Å². The van der Waals surface area contributed by atoms with Crippen LogP contribution >= 0.6 is 11.6 Å². The molecule has 0 fully saturated rings. The molecule has 0 amide bonds. The predicted octanol–water partition coefficient (Wildman–Crippen LogP) is 4.05. The zero-order valence-electron chi connectivity index (χ0n) is 10.7. The third kappa shape index (κ3) is 3.26. The summed E-state index contributed by atoms with van der Waals surface area (Å²) in [7, 11) is 0. The summed E-state index contributed by atoms with van der Waals surface area (Å²) < 4.78 is 0. The molecule has 20 heavy (non-hydrogen) atoms. The Morgan fingerprint density at radius 2 is 1.90 bits per heavy atom. The molecule has 2 rings (SSSR count). The van der Waals surface area contributed by atoms with Gasteiger partial charge in [-0.05, 0) is 36.8 Å². The number of nitrogens with one attached hydrogen (secondary N) is 1. The lowest BCUT2D eigenvalue weighted by Crippen LogP contribution is -1.97. The van der Waals surface area contributed by atoms with Crippen molar-refractivity contribution in [2.75, 3.05) is 5.32 Å². The number of aliphatic hydroxyl groups excluding tert-OH is 1. The minimum absolute atomic E-state index is 0.0860. The minimum atomic E-state index is -0.547. The topological polar surface area (TPSA) is 75.4 Å². The lowest BCUT2D eigenvalue weighted by atomic mass is 10.1. The number of nitro benzene ring substituents is 1. The Morgan fingerprint density at radius 3 is 2.45 bits per heavy atom. The van der Waals surface area contributed by atoms with Crippen LogP contribution in [-0.4, -0.2) is 10.0 Å². The molecule has 0 saturated heterocycles. The number of halogens is 1. The summed E-state index contributed by atoms with van der Waals surface area (Å²) in [5.41, 5.74) is 1.75. The van der Waals surface area contributed by atoms with Crippen LogP contribution in [0.1, 0.15) is 18.6 Å². The second-order valence-corrected chi connectivity index (χ2v) is 4.78. The maximum absolute atomic E-state index is 11.0. The van der Waals surface area contributed by atoms with Gasteiger partial charge in [0.05, 0.1) is 11.0 Å². The highest BCUT2D eigenvalue weighted by molar-refractivity contribution is 6.30. The van der Waals surface area contributed by atoms with Crippen LogP contribution in [0.5, 0.6) is 0 Å². The van der Waals surface area contributed by atoms with Gasteiger partial charge in [-0.25, -0.2) is 0 Å². The maximum Gasteiger partial charge on any atom is 0.294 e. The quantitative estimate of drug-likeness (QED) is 0.658. The number of rotatable bonds is 4. The fourth-order valence-electron chi connectivity index (χ4n) is 1.76. The molecule has 5 nitrogen and oxygen atoms in total. The van der Waals surface area contributed by atoms with Crippen molar-refractivity contribution in [3.8, 4) is 0 Å². The highest BCUT2D eigenvalue weighted by Gasteiger charge is 2.14. The van der Waals surface area contributed by atoms with Crippen LogP contribution < -0.4 is 5.32 Å². The fraction of sp³-hybridized carbons (Fsp3) is 0.143. The molecule has 0 heterocycles. The minimum Gasteiger partial charge on any atom is -0.389 e. The lowest BCUT2D eigenvalue weighted by Gasteiger charge is -2.09. The van der Waals surface area contributed by atoms with E-state index in [-0.39, 0.29) is 5.69 Å². The van der Waals surface area contributed by atoms with E-state index in [0.717, 1.165) is 5.56 Å². The first-order valence-electron chi connectivity index (χ1n) is 5.96. The van der Waals surface area contributed by atoms with Gasteiger partial charge in [0, 0.05) is 16.8 Å². The van der Waals surface area contributed by atoms with Crippen LogP contribution in [0.15, 0.2) is 42.5 Å². The number of hydrogen-bond acceptors (Lipinski definition) is 4. The fourth-order valence-corrected chi connectivity index (χ4v) is 1.93. The van der Waals surface area contributed by atoms with Crippen LogP contribution in [0, 0.1) is 10.1 Å². The van der Waals surface area contributed by atoms with E-state index in [1.807, 2.05) is 0 Å². The van der Waals surface area contributed by atoms with Crippen molar-refractivity contribution >= 4 is 28.7 Å². The van der Waals surface area contributed by atoms with E-state index in [9.17, 15) is 15.2 Å². The molecule has 0 radical (unpaired) electrons. The summed E-state index contributed by atoms with van der Waals surface area (Å²) >= 11 is 5.76. The summed E-state index contributed by atoms with van der Waals surface area (Å²) in [5.74, 6) is 0. The molecule has 0 aliphatic carbocycles. The molecule has 0 spiro atoms. The average molecular weight is 293 g/mol. The van der Waals surface area contributed by atoms with Crippen molar-refractivity contribution < 1.29 is 10.0 Å². The Kier molecular flexibility index (Phi) is 4.22. The number of benzene rings is 2. The third-order valence-electron chi connectivity index (χ3n) is 2.83. The zero-order valence-corrected chi connectivity index (χ0v) is 11.5. The smallest absolute Gasteiger partial charge is 0.294 e. The van der Waals surface area contributed by atoms with Gasteiger partial charge in [0.15, 0.2) is 0 Å². The number of nitro groups is 1. The van der Waals surface area contributed by atoms with Gasteiger partial charge in [-0.1, -0.05) is 23.7 Å². The van der Waals surface area contributed by atoms with E-state index in [1.54, 1.807) is 43.3 Å². The van der Waals surface area contributed by atoms with E-state index in [0.29, 0.717) is 16.4 Å². The van der Waals surface area contributed by atoms with E-state index in [2.05, 4.69) is 5.32 Å². The van der Waals surface area contributed by atoms with Crippen molar-refractivity contribution in [2.45, 2.75) is 13.0 Å². The van der Waals surface area contributed by atoms with E-state index >= 15 is 0 Å². The van der Waals surface area contributed by atoms with E-state index in [4.69, 9.17) is 11.6 Å². The average Bonchev–Trinajstić information content (AvgIpc) is 2.41. The normalized spacial score (nSPS) is 11.9. The Bertz CT molecular complexity index is 627. The molecule has 2 aromatic rings. The first-order valence-corrected chi connectivity index (χ1v) is 6.34. The second kappa shape index (κ2) is 5.90. The van der Waals surface area contributed by atoms with E-state index in [1.165, 1.54) is 6.07 Å². The molecular weight excluding hydrogens is 280 g/mol. The first kappa shape index (κ1) is 14.3. The summed E-state index contributed by atoms with van der Waals surface area (Å²) in [6.45, 7) is 1.67. The van der Waals surface area contributed by atoms with Gasteiger partial charge in [-0.2, -0.15) is 0 Å². The number of hydrogen-bond donors (Lipinski definition) is 2. The molecule has 0 bridgehead atoms. The Balaban J connectivity index is 2.28. The van der Waals surface area contributed by atoms with Gasteiger partial charge in [0.2, 0.25) is 0 Å². The highest BCUT2D eigenvalue weighted by atomic mass is 35.5. The number of aliphatic hydroxyl groups is 1. The number of anilines is 2. The summed E-state index contributed by atoms with van der Waals surface area (Å²) in [6, 6.07) is 11.5. The van der Waals surface area contributed by atoms with Gasteiger partial charge in [-0.15, -0.1) is 0 Å². The molecule has 2 N–H and O–H groups in total. The van der Waals surface area contributed by atoms with Crippen molar-refractivity contribution in [1.82, 2.24) is 0 Å². The first-order chi connectivity index (χ1) is 9.47. The molecule has 1 atom stereocenters. The zero-order chi connectivity index (χ0) is 14.7. The van der Waals surface area contributed by atoms with Crippen molar-refractivity contribution in [1.29, 1.82) is 0 Å². The molecule has 0 saturated carbocycles. The standard InChI is InChI=1S/C14H13ClN2O3/c1-9(18)10-2-5-12(6-3-10)16-13-7-4-11(15)8-14(13)17(19)20/h2-9,16,18H,1H3. The molecule has 6 heteroatoms. The SMILES string of the molecule is CC(O)c1ccc(Nc2ccc(Cl)cc2[N+](=O)[O-])cc1. The highest BCUT2D eigenvalue weighted by Crippen LogP contribution is 2.30. The van der Waals surface area contributed by atoms with Gasteiger partial charge in [0.25, 0.3) is 5.69 Å². The monoisotopic (exact) mass is 292 g/mol. The van der Waals surface area contributed by atoms with Crippen LogP contribution in [0.25, 0.3) is 0 Å². The maximum atomic E-state index is 11.0. The van der Waals surface area contributed by atoms with Gasteiger partial charge in [-0.3, -0.25) is 10.1 Å². The molecule has 0 aliphatic heterocycles. The van der Waals surface area contributed by atoms with Crippen molar-refractivity contribution in [3.05, 3.63) is 63.2 Å². The Morgan fingerprint density at radius 1 is 1.25 bits per heavy atom. The molecular formula is C14H13ClN2O3. The van der Waals surface area contributed by atoms with E-state index < -0.39 is 11.0 Å². The Labute approximate surface area is 121 Å². The molecule has 0 aromatic heterocycles. The largest absolute Gasteiger partial charge is 0.389 e. The van der Waals surface area contributed by atoms with Crippen LogP contribution in [-0.2, 0) is 0 Å². The summed E-state index contributed by atoms with van der Waals surface area (Å²) in [5, 5.41) is 23.7. The second-order valence-electron chi connectivity index (χ2n) is 4.34. The number of nitrogens with zero attached hydrogens (tertiary/aromatic N) is 1. The van der Waals surface area contributed by atoms with Crippen molar-refractivity contribution in [3.63, 3.8) is 0 Å². The van der Waals surface area contributed by atoms with Crippen LogP contribution in [0.2, 0.25) is 5.02 Å². The van der Waals surface area contributed by atoms with Crippen LogP contribution in [0.3, 0.4) is 0 Å². The summed E-state index contributed by atoms with van der Waals surface area (Å²) in [4.78, 5) is 10.5. The molecule has 2 aromatic carbocycles. The molecule has 104 valence electrons. The van der Waals surface area contributed by atoms with Gasteiger partial charge >= 0.3 is 0 Å². The third-order valence-corrected chi connectivity index (χ3v) is 3.06. The lowest BCUT2D eigenvalue weighted by molar-refractivity contribution is -0.383. The Hall–Kier alpha value is -2.11. The summed E-state index contributed by atoms with van der Waals surface area (Å²) in [6.07, 6.45) is -0.547. The predicted molar refractivity (Wildman–Crippen MR) is 78.5 cm³/mol. The molecule has 1 unspecified atom stereocenters. The van der Waals surface area contributed by atoms with Gasteiger partial charge in [0.1, 0.15) is 5.69 Å². The van der Waals surface area contributed by atoms with Gasteiger partial charge < -0.3 is 10.4 Å². The van der Waals surface area contributed by atoms with Crippen LogP contribution in [0.4, 0.5) is 17.1 Å². The molecule has 0 aliphatic rings.